The van der Waals surface area contributed by atoms with Gasteiger partial charge in [-0.25, -0.2) is 13.2 Å². The van der Waals surface area contributed by atoms with Gasteiger partial charge in [0, 0.05) is 20.2 Å². The van der Waals surface area contributed by atoms with Gasteiger partial charge in [-0.1, -0.05) is 6.08 Å². The summed E-state index contributed by atoms with van der Waals surface area (Å²) in [6, 6.07) is 0. The van der Waals surface area contributed by atoms with E-state index in [0.29, 0.717) is 5.56 Å². The van der Waals surface area contributed by atoms with E-state index in [-0.39, 0.29) is 29.5 Å². The molecule has 0 aliphatic rings. The van der Waals surface area contributed by atoms with Crippen LogP contribution in [-0.2, 0) is 19.5 Å². The first-order chi connectivity index (χ1) is 9.89. The Bertz CT molecular complexity index is 606. The number of methoxy groups -OCH3 is 2. The van der Waals surface area contributed by atoms with E-state index in [1.54, 1.807) is 12.3 Å². The predicted molar refractivity (Wildman–Crippen MR) is 81.2 cm³/mol. The van der Waals surface area contributed by atoms with Crippen LogP contribution in [0.4, 0.5) is 0 Å². The molecule has 0 aliphatic carbocycles. The lowest BCUT2D eigenvalue weighted by atomic mass is 10.3. The fourth-order valence-corrected chi connectivity index (χ4v) is 4.82. The van der Waals surface area contributed by atoms with Crippen LogP contribution in [0.1, 0.15) is 15.2 Å². The van der Waals surface area contributed by atoms with Crippen LogP contribution in [-0.4, -0.2) is 52.6 Å². The largest absolute Gasteiger partial charge is 0.465 e. The molecule has 0 spiro atoms. The maximum Gasteiger partial charge on any atom is 0.349 e. The molecule has 0 fully saturated rings. The van der Waals surface area contributed by atoms with Gasteiger partial charge in [0.15, 0.2) is 0 Å². The van der Waals surface area contributed by atoms with E-state index >= 15 is 0 Å². The molecule has 0 saturated heterocycles. The molecule has 6 nitrogen and oxygen atoms in total. The zero-order chi connectivity index (χ0) is 16.0. The van der Waals surface area contributed by atoms with Crippen LogP contribution in [0.25, 0.3) is 0 Å². The third kappa shape index (κ3) is 3.91. The fraction of sp³-hybridized carbons (Fsp3) is 0.462. The van der Waals surface area contributed by atoms with Gasteiger partial charge < -0.3 is 9.47 Å². The van der Waals surface area contributed by atoms with E-state index in [2.05, 4.69) is 11.3 Å². The number of sulfonamides is 1. The maximum atomic E-state index is 12.8. The quantitative estimate of drug-likeness (QED) is 0.534. The number of carbonyl (C=O) groups is 1. The molecule has 0 N–H and O–H groups in total. The van der Waals surface area contributed by atoms with Gasteiger partial charge in [0.25, 0.3) is 0 Å². The van der Waals surface area contributed by atoms with Gasteiger partial charge in [-0.15, -0.1) is 17.9 Å². The lowest BCUT2D eigenvalue weighted by Gasteiger charge is -2.21. The van der Waals surface area contributed by atoms with Crippen LogP contribution in [0.15, 0.2) is 22.9 Å². The first-order valence-electron chi connectivity index (χ1n) is 6.16. The number of hydrogen-bond donors (Lipinski definition) is 0. The van der Waals surface area contributed by atoms with E-state index in [0.717, 1.165) is 11.3 Å². The summed E-state index contributed by atoms with van der Waals surface area (Å²) in [5.41, 5.74) is 0.520. The summed E-state index contributed by atoms with van der Waals surface area (Å²) in [4.78, 5) is 11.8. The average Bonchev–Trinajstić information content (AvgIpc) is 2.84. The molecule has 0 aliphatic heterocycles. The smallest absolute Gasteiger partial charge is 0.349 e. The molecule has 8 heteroatoms. The fourth-order valence-electron chi connectivity index (χ4n) is 1.76. The molecule has 0 radical (unpaired) electrons. The third-order valence-electron chi connectivity index (χ3n) is 2.76. The number of carbonyl (C=O) groups excluding carboxylic acids is 1. The minimum Gasteiger partial charge on any atom is -0.465 e. The van der Waals surface area contributed by atoms with Crippen molar-refractivity contribution in [2.45, 2.75) is 11.8 Å². The lowest BCUT2D eigenvalue weighted by Crippen LogP contribution is -2.35. The molecule has 1 aromatic heterocycles. The number of ether oxygens (including phenoxy) is 2. The Morgan fingerprint density at radius 3 is 2.67 bits per heavy atom. The van der Waals surface area contributed by atoms with Crippen molar-refractivity contribution in [3.05, 3.63) is 28.5 Å². The van der Waals surface area contributed by atoms with E-state index < -0.39 is 16.0 Å². The second-order valence-electron chi connectivity index (χ2n) is 4.21. The topological polar surface area (TPSA) is 72.9 Å². The number of hydrogen-bond acceptors (Lipinski definition) is 6. The lowest BCUT2D eigenvalue weighted by molar-refractivity contribution is 0.0602. The number of esters is 1. The molecular formula is C13H19NO5S2. The molecular weight excluding hydrogens is 314 g/mol. The Morgan fingerprint density at radius 1 is 1.48 bits per heavy atom. The van der Waals surface area contributed by atoms with Gasteiger partial charge in [-0.3, -0.25) is 0 Å². The van der Waals surface area contributed by atoms with Crippen molar-refractivity contribution in [1.29, 1.82) is 0 Å². The van der Waals surface area contributed by atoms with Gasteiger partial charge in [-0.05, 0) is 17.9 Å². The summed E-state index contributed by atoms with van der Waals surface area (Å²) in [7, 11) is -1.10. The van der Waals surface area contributed by atoms with Crippen molar-refractivity contribution in [3.8, 4) is 0 Å². The average molecular weight is 333 g/mol. The van der Waals surface area contributed by atoms with Gasteiger partial charge in [0.05, 0.1) is 13.7 Å². The van der Waals surface area contributed by atoms with Crippen LogP contribution in [0.2, 0.25) is 0 Å². The highest BCUT2D eigenvalue weighted by Crippen LogP contribution is 2.30. The SMILES string of the molecule is C=CCN(CCOC)S(=O)(=O)c1c(C)csc1C(=O)OC. The first-order valence-corrected chi connectivity index (χ1v) is 8.48. The zero-order valence-corrected chi connectivity index (χ0v) is 13.9. The molecule has 21 heavy (non-hydrogen) atoms. The van der Waals surface area contributed by atoms with Crippen LogP contribution >= 0.6 is 11.3 Å². The van der Waals surface area contributed by atoms with Gasteiger partial charge in [0.2, 0.25) is 10.0 Å². The molecule has 118 valence electrons. The Labute approximate surface area is 129 Å². The predicted octanol–water partition coefficient (Wildman–Crippen LogP) is 1.67. The maximum absolute atomic E-state index is 12.8. The summed E-state index contributed by atoms with van der Waals surface area (Å²) >= 11 is 1.06. The summed E-state index contributed by atoms with van der Waals surface area (Å²) in [5, 5.41) is 1.63. The normalized spacial score (nSPS) is 11.6. The molecule has 1 heterocycles. The molecule has 0 bridgehead atoms. The molecule has 0 unspecified atom stereocenters. The second kappa shape index (κ2) is 7.69. The molecule has 1 aromatic rings. The van der Waals surface area contributed by atoms with Crippen molar-refractivity contribution < 1.29 is 22.7 Å². The van der Waals surface area contributed by atoms with Crippen molar-refractivity contribution in [3.63, 3.8) is 0 Å². The Morgan fingerprint density at radius 2 is 2.14 bits per heavy atom. The van der Waals surface area contributed by atoms with Gasteiger partial charge in [-0.2, -0.15) is 4.31 Å². The van der Waals surface area contributed by atoms with Crippen LogP contribution in [0, 0.1) is 6.92 Å². The number of rotatable bonds is 8. The van der Waals surface area contributed by atoms with Crippen LogP contribution in [0.3, 0.4) is 0 Å². The third-order valence-corrected chi connectivity index (χ3v) is 6.02. The van der Waals surface area contributed by atoms with Crippen LogP contribution in [0.5, 0.6) is 0 Å². The molecule has 1 rings (SSSR count). The van der Waals surface area contributed by atoms with E-state index in [4.69, 9.17) is 4.74 Å². The molecule has 0 aromatic carbocycles. The minimum absolute atomic E-state index is 0.00250. The van der Waals surface area contributed by atoms with E-state index in [9.17, 15) is 13.2 Å². The van der Waals surface area contributed by atoms with Gasteiger partial charge in [0.1, 0.15) is 9.77 Å². The number of aryl methyl sites for hydroxylation is 1. The minimum atomic E-state index is -3.82. The highest BCUT2D eigenvalue weighted by Gasteiger charge is 2.32. The highest BCUT2D eigenvalue weighted by molar-refractivity contribution is 7.89. The number of thiophene rings is 1. The highest BCUT2D eigenvalue weighted by atomic mass is 32.2. The summed E-state index contributed by atoms with van der Waals surface area (Å²) in [6.45, 7) is 5.79. The summed E-state index contributed by atoms with van der Waals surface area (Å²) in [6.07, 6.45) is 1.49. The summed E-state index contributed by atoms with van der Waals surface area (Å²) in [5.74, 6) is -0.656. The van der Waals surface area contributed by atoms with Gasteiger partial charge >= 0.3 is 5.97 Å². The Kier molecular flexibility index (Phi) is 6.53. The van der Waals surface area contributed by atoms with Crippen molar-refractivity contribution in [2.75, 3.05) is 33.9 Å². The van der Waals surface area contributed by atoms with Crippen molar-refractivity contribution in [2.24, 2.45) is 0 Å². The number of nitrogens with zero attached hydrogens (tertiary/aromatic N) is 1. The van der Waals surface area contributed by atoms with E-state index in [1.807, 2.05) is 0 Å². The van der Waals surface area contributed by atoms with Crippen molar-refractivity contribution >= 4 is 27.3 Å². The molecule has 0 amide bonds. The Hall–Kier alpha value is -1.22. The molecule has 0 saturated carbocycles. The summed E-state index contributed by atoms with van der Waals surface area (Å²) < 4.78 is 36.4. The first kappa shape index (κ1) is 17.8. The van der Waals surface area contributed by atoms with Crippen molar-refractivity contribution in [1.82, 2.24) is 4.31 Å². The Balaban J connectivity index is 3.30. The second-order valence-corrected chi connectivity index (χ2v) is 6.97. The van der Waals surface area contributed by atoms with Crippen LogP contribution < -0.4 is 0 Å². The zero-order valence-electron chi connectivity index (χ0n) is 12.3. The molecule has 0 atom stereocenters. The van der Waals surface area contributed by atoms with E-state index in [1.165, 1.54) is 24.6 Å². The monoisotopic (exact) mass is 333 g/mol. The standard InChI is InChI=1S/C13H19NO5S2/c1-5-6-14(7-8-18-3)21(16,17)12-10(2)9-20-11(12)13(15)19-4/h5,9H,1,6-8H2,2-4H3.